The van der Waals surface area contributed by atoms with Crippen LogP contribution in [0, 0.1) is 12.8 Å². The molecule has 0 saturated carbocycles. The van der Waals surface area contributed by atoms with E-state index in [4.69, 9.17) is 4.74 Å². The van der Waals surface area contributed by atoms with Crippen molar-refractivity contribution < 1.29 is 9.53 Å². The molecule has 0 radical (unpaired) electrons. The second kappa shape index (κ2) is 5.96. The average Bonchev–Trinajstić information content (AvgIpc) is 3.18. The van der Waals surface area contributed by atoms with Gasteiger partial charge in [0, 0.05) is 32.2 Å². The molecule has 1 atom stereocenters. The molecule has 1 amide bonds. The molecule has 2 fully saturated rings. The highest BCUT2D eigenvalue weighted by molar-refractivity contribution is 5.79. The number of hydrogen-bond donors (Lipinski definition) is 0. The number of imidazole rings is 1. The van der Waals surface area contributed by atoms with Crippen LogP contribution in [0.1, 0.15) is 31.1 Å². The van der Waals surface area contributed by atoms with Gasteiger partial charge in [0.05, 0.1) is 17.1 Å². The maximum atomic E-state index is 12.7. The van der Waals surface area contributed by atoms with Crippen molar-refractivity contribution in [3.05, 3.63) is 30.1 Å². The van der Waals surface area contributed by atoms with Gasteiger partial charge in [-0.15, -0.1) is 0 Å². The summed E-state index contributed by atoms with van der Waals surface area (Å²) >= 11 is 0. The fourth-order valence-electron chi connectivity index (χ4n) is 3.98. The van der Waals surface area contributed by atoms with Crippen molar-refractivity contribution in [3.8, 4) is 0 Å². The zero-order chi connectivity index (χ0) is 15.8. The van der Waals surface area contributed by atoms with Gasteiger partial charge in [-0.05, 0) is 38.3 Å². The van der Waals surface area contributed by atoms with E-state index in [1.807, 2.05) is 6.07 Å². The van der Waals surface area contributed by atoms with Crippen LogP contribution in [-0.4, -0.2) is 46.7 Å². The second-order valence-corrected chi connectivity index (χ2v) is 6.63. The quantitative estimate of drug-likeness (QED) is 0.856. The molecule has 2 aromatic rings. The Bertz CT molecular complexity index is 718. The van der Waals surface area contributed by atoms with Gasteiger partial charge in [0.1, 0.15) is 5.82 Å². The van der Waals surface area contributed by atoms with Crippen molar-refractivity contribution in [2.45, 2.75) is 32.2 Å². The summed E-state index contributed by atoms with van der Waals surface area (Å²) < 4.78 is 7.69. The normalized spacial score (nSPS) is 22.8. The first-order valence-corrected chi connectivity index (χ1v) is 8.54. The average molecular weight is 313 g/mol. The SMILES string of the molecule is Cc1nc2ccccc2n1[C@H]1CCN(C(=O)C2CCOCC2)C1. The first-order chi connectivity index (χ1) is 11.2. The highest BCUT2D eigenvalue weighted by atomic mass is 16.5. The Morgan fingerprint density at radius 1 is 1.22 bits per heavy atom. The summed E-state index contributed by atoms with van der Waals surface area (Å²) in [4.78, 5) is 19.4. The van der Waals surface area contributed by atoms with Gasteiger partial charge in [0.25, 0.3) is 0 Å². The lowest BCUT2D eigenvalue weighted by atomic mass is 9.99. The molecule has 0 N–H and O–H groups in total. The van der Waals surface area contributed by atoms with Crippen molar-refractivity contribution in [3.63, 3.8) is 0 Å². The van der Waals surface area contributed by atoms with Gasteiger partial charge >= 0.3 is 0 Å². The van der Waals surface area contributed by atoms with E-state index < -0.39 is 0 Å². The molecule has 23 heavy (non-hydrogen) atoms. The van der Waals surface area contributed by atoms with Crippen LogP contribution in [-0.2, 0) is 9.53 Å². The van der Waals surface area contributed by atoms with Gasteiger partial charge in [-0.1, -0.05) is 12.1 Å². The number of fused-ring (bicyclic) bond motifs is 1. The van der Waals surface area contributed by atoms with E-state index >= 15 is 0 Å². The molecule has 0 bridgehead atoms. The number of hydrogen-bond acceptors (Lipinski definition) is 3. The van der Waals surface area contributed by atoms with Crippen LogP contribution in [0.3, 0.4) is 0 Å². The van der Waals surface area contributed by atoms with E-state index in [1.54, 1.807) is 0 Å². The molecular formula is C18H23N3O2. The van der Waals surface area contributed by atoms with E-state index in [1.165, 1.54) is 5.52 Å². The number of nitrogens with zero attached hydrogens (tertiary/aromatic N) is 3. The molecule has 2 saturated heterocycles. The Morgan fingerprint density at radius 2 is 2.00 bits per heavy atom. The van der Waals surface area contributed by atoms with Crippen LogP contribution < -0.4 is 0 Å². The molecule has 4 rings (SSSR count). The summed E-state index contributed by atoms with van der Waals surface area (Å²) in [5.74, 6) is 1.51. The maximum Gasteiger partial charge on any atom is 0.225 e. The van der Waals surface area contributed by atoms with Gasteiger partial charge in [0.2, 0.25) is 5.91 Å². The Hall–Kier alpha value is -1.88. The minimum atomic E-state index is 0.156. The van der Waals surface area contributed by atoms with Crippen LogP contribution >= 0.6 is 0 Å². The molecule has 122 valence electrons. The zero-order valence-electron chi connectivity index (χ0n) is 13.6. The molecule has 2 aliphatic heterocycles. The highest BCUT2D eigenvalue weighted by Gasteiger charge is 2.33. The summed E-state index contributed by atoms with van der Waals surface area (Å²) in [6.45, 7) is 5.16. The van der Waals surface area contributed by atoms with Gasteiger partial charge in [-0.3, -0.25) is 4.79 Å². The number of aromatic nitrogens is 2. The molecule has 0 aliphatic carbocycles. The number of carbonyl (C=O) groups excluding carboxylic acids is 1. The summed E-state index contributed by atoms with van der Waals surface area (Å²) in [6.07, 6.45) is 2.75. The summed E-state index contributed by atoms with van der Waals surface area (Å²) in [5, 5.41) is 0. The van der Waals surface area contributed by atoms with Crippen LogP contribution in [0.5, 0.6) is 0 Å². The van der Waals surface area contributed by atoms with Crippen molar-refractivity contribution in [1.29, 1.82) is 0 Å². The molecule has 0 spiro atoms. The largest absolute Gasteiger partial charge is 0.381 e. The maximum absolute atomic E-state index is 12.7. The standard InChI is InChI=1S/C18H23N3O2/c1-13-19-16-4-2-3-5-17(16)21(13)15-6-9-20(12-15)18(22)14-7-10-23-11-8-14/h2-5,14-15H,6-12H2,1H3/t15-/m0/s1. The predicted octanol–water partition coefficient (Wildman–Crippen LogP) is 2.54. The number of aryl methyl sites for hydroxylation is 1. The Labute approximate surface area is 136 Å². The Morgan fingerprint density at radius 3 is 2.83 bits per heavy atom. The van der Waals surface area contributed by atoms with E-state index in [-0.39, 0.29) is 5.92 Å². The number of para-hydroxylation sites is 2. The molecular weight excluding hydrogens is 290 g/mol. The van der Waals surface area contributed by atoms with Gasteiger partial charge in [0.15, 0.2) is 0 Å². The lowest BCUT2D eigenvalue weighted by molar-refractivity contribution is -0.137. The van der Waals surface area contributed by atoms with Gasteiger partial charge in [-0.2, -0.15) is 0 Å². The van der Waals surface area contributed by atoms with E-state index in [0.29, 0.717) is 11.9 Å². The van der Waals surface area contributed by atoms with Crippen molar-refractivity contribution in [2.24, 2.45) is 5.92 Å². The number of ether oxygens (including phenoxy) is 1. The third-order valence-corrected chi connectivity index (χ3v) is 5.18. The third kappa shape index (κ3) is 2.63. The molecule has 0 unspecified atom stereocenters. The molecule has 3 heterocycles. The number of likely N-dealkylation sites (tertiary alicyclic amines) is 1. The van der Waals surface area contributed by atoms with E-state index in [0.717, 1.165) is 56.9 Å². The molecule has 2 aliphatic rings. The Balaban J connectivity index is 1.53. The van der Waals surface area contributed by atoms with Gasteiger partial charge < -0.3 is 14.2 Å². The van der Waals surface area contributed by atoms with E-state index in [9.17, 15) is 4.79 Å². The first kappa shape index (κ1) is 14.7. The Kier molecular flexibility index (Phi) is 3.81. The fourth-order valence-corrected chi connectivity index (χ4v) is 3.98. The van der Waals surface area contributed by atoms with Crippen molar-refractivity contribution in [1.82, 2.24) is 14.5 Å². The van der Waals surface area contributed by atoms with Gasteiger partial charge in [-0.25, -0.2) is 4.98 Å². The van der Waals surface area contributed by atoms with Crippen LogP contribution in [0.25, 0.3) is 11.0 Å². The smallest absolute Gasteiger partial charge is 0.225 e. The fraction of sp³-hybridized carbons (Fsp3) is 0.556. The van der Waals surface area contributed by atoms with E-state index in [2.05, 4.69) is 39.6 Å². The molecule has 1 aromatic heterocycles. The summed E-state index contributed by atoms with van der Waals surface area (Å²) in [5.41, 5.74) is 2.22. The van der Waals surface area contributed by atoms with Crippen molar-refractivity contribution in [2.75, 3.05) is 26.3 Å². The number of carbonyl (C=O) groups is 1. The number of rotatable bonds is 2. The topological polar surface area (TPSA) is 47.4 Å². The molecule has 5 heteroatoms. The molecule has 1 aromatic carbocycles. The van der Waals surface area contributed by atoms with Crippen LogP contribution in [0.2, 0.25) is 0 Å². The predicted molar refractivity (Wildman–Crippen MR) is 88.2 cm³/mol. The lowest BCUT2D eigenvalue weighted by Gasteiger charge is -2.26. The van der Waals surface area contributed by atoms with Crippen molar-refractivity contribution >= 4 is 16.9 Å². The third-order valence-electron chi connectivity index (χ3n) is 5.18. The minimum Gasteiger partial charge on any atom is -0.381 e. The summed E-state index contributed by atoms with van der Waals surface area (Å²) in [6, 6.07) is 8.59. The first-order valence-electron chi connectivity index (χ1n) is 8.54. The summed E-state index contributed by atoms with van der Waals surface area (Å²) in [7, 11) is 0. The zero-order valence-corrected chi connectivity index (χ0v) is 13.6. The van der Waals surface area contributed by atoms with Crippen LogP contribution in [0.4, 0.5) is 0 Å². The minimum absolute atomic E-state index is 0.156. The van der Waals surface area contributed by atoms with Crippen LogP contribution in [0.15, 0.2) is 24.3 Å². The number of benzene rings is 1. The lowest BCUT2D eigenvalue weighted by Crippen LogP contribution is -2.37. The molecule has 5 nitrogen and oxygen atoms in total. The highest BCUT2D eigenvalue weighted by Crippen LogP contribution is 2.29. The second-order valence-electron chi connectivity index (χ2n) is 6.63. The number of amides is 1. The monoisotopic (exact) mass is 313 g/mol.